The predicted molar refractivity (Wildman–Crippen MR) is 121 cm³/mol. The average molecular weight is 499 g/mol. The zero-order valence-corrected chi connectivity index (χ0v) is 20.2. The SMILES string of the molecule is CC(C)c1nc(N(C)S(C)(=O)=O)nc(-c2ccc(F)cc2)c1C(O)C[C@@H](O)C[C@@H](O)CC(=O)[O-]. The second-order valence-electron chi connectivity index (χ2n) is 8.43. The quantitative estimate of drug-likeness (QED) is 0.400. The molecule has 0 aliphatic carbocycles. The summed E-state index contributed by atoms with van der Waals surface area (Å²) in [6.45, 7) is 3.55. The van der Waals surface area contributed by atoms with E-state index in [2.05, 4.69) is 9.97 Å². The molecule has 12 heteroatoms. The summed E-state index contributed by atoms with van der Waals surface area (Å²) in [6, 6.07) is 5.21. The monoisotopic (exact) mass is 498 g/mol. The van der Waals surface area contributed by atoms with Gasteiger partial charge < -0.3 is 25.2 Å². The fraction of sp³-hybridized carbons (Fsp3) is 0.500. The summed E-state index contributed by atoms with van der Waals surface area (Å²) < 4.78 is 38.6. The number of carboxylic acids is 1. The fourth-order valence-electron chi connectivity index (χ4n) is 3.42. The Morgan fingerprint density at radius 2 is 1.68 bits per heavy atom. The van der Waals surface area contributed by atoms with Gasteiger partial charge in [-0.25, -0.2) is 27.1 Å². The lowest BCUT2D eigenvalue weighted by Gasteiger charge is -2.25. The first kappa shape index (κ1) is 27.6. The number of sulfonamides is 1. The number of hydrogen-bond acceptors (Lipinski definition) is 9. The molecule has 2 aromatic rings. The zero-order valence-electron chi connectivity index (χ0n) is 19.3. The summed E-state index contributed by atoms with van der Waals surface area (Å²) in [4.78, 5) is 19.3. The van der Waals surface area contributed by atoms with Gasteiger partial charge in [0, 0.05) is 37.0 Å². The number of halogens is 1. The predicted octanol–water partition coefficient (Wildman–Crippen LogP) is 0.477. The molecule has 34 heavy (non-hydrogen) atoms. The van der Waals surface area contributed by atoms with E-state index >= 15 is 0 Å². The maximum Gasteiger partial charge on any atom is 0.239 e. The molecular weight excluding hydrogens is 469 g/mol. The molecular formula is C22H29FN3O7S-. The molecule has 0 saturated heterocycles. The minimum Gasteiger partial charge on any atom is -0.550 e. The molecule has 0 aliphatic heterocycles. The van der Waals surface area contributed by atoms with E-state index in [1.807, 2.05) is 0 Å². The van der Waals surface area contributed by atoms with E-state index in [1.54, 1.807) is 13.8 Å². The first-order chi connectivity index (χ1) is 15.7. The lowest BCUT2D eigenvalue weighted by molar-refractivity contribution is -0.307. The summed E-state index contributed by atoms with van der Waals surface area (Å²) in [7, 11) is -2.44. The number of aliphatic hydroxyl groups is 3. The third-order valence-corrected chi connectivity index (χ3v) is 6.34. The maximum absolute atomic E-state index is 13.5. The Labute approximate surface area is 197 Å². The largest absolute Gasteiger partial charge is 0.550 e. The Morgan fingerprint density at radius 3 is 2.18 bits per heavy atom. The Morgan fingerprint density at radius 1 is 1.09 bits per heavy atom. The van der Waals surface area contributed by atoms with Crippen LogP contribution in [0.3, 0.4) is 0 Å². The van der Waals surface area contributed by atoms with Crippen molar-refractivity contribution < 1.29 is 38.0 Å². The number of carboxylic acid groups (broad SMARTS) is 1. The summed E-state index contributed by atoms with van der Waals surface area (Å²) in [5, 5.41) is 41.8. The molecule has 0 fully saturated rings. The van der Waals surface area contributed by atoms with Crippen LogP contribution in [-0.2, 0) is 14.8 Å². The Bertz CT molecular complexity index is 1110. The van der Waals surface area contributed by atoms with Crippen molar-refractivity contribution in [3.05, 3.63) is 41.3 Å². The molecule has 1 heterocycles. The van der Waals surface area contributed by atoms with Crippen LogP contribution in [-0.4, -0.2) is 65.2 Å². The minimum atomic E-state index is -3.71. The third-order valence-electron chi connectivity index (χ3n) is 5.18. The highest BCUT2D eigenvalue weighted by molar-refractivity contribution is 7.92. The van der Waals surface area contributed by atoms with Crippen molar-refractivity contribution in [2.45, 2.75) is 57.3 Å². The fourth-order valence-corrected chi connectivity index (χ4v) is 3.80. The molecule has 2 rings (SSSR count). The lowest BCUT2D eigenvalue weighted by atomic mass is 9.91. The zero-order chi connectivity index (χ0) is 25.8. The molecule has 0 radical (unpaired) electrons. The highest BCUT2D eigenvalue weighted by atomic mass is 32.2. The Hall–Kier alpha value is -2.67. The number of aromatic nitrogens is 2. The molecule has 1 unspecified atom stereocenters. The first-order valence-electron chi connectivity index (χ1n) is 10.6. The van der Waals surface area contributed by atoms with Crippen molar-refractivity contribution in [3.8, 4) is 11.3 Å². The molecule has 0 saturated carbocycles. The van der Waals surface area contributed by atoms with Gasteiger partial charge in [-0.2, -0.15) is 0 Å². The van der Waals surface area contributed by atoms with Crippen LogP contribution in [0.15, 0.2) is 24.3 Å². The standard InChI is InChI=1S/C22H30FN3O7S/c1-12(2)20-19(17(29)10-15(27)9-16(28)11-18(30)31)21(13-5-7-14(23)8-6-13)25-22(24-20)26(3)34(4,32)33/h5-8,12,15-17,27-29H,9-11H2,1-4H3,(H,30,31)/p-1/t15-,16+,17?/m0/s1. The molecule has 0 spiro atoms. The molecule has 10 nitrogen and oxygen atoms in total. The number of hydrogen-bond donors (Lipinski definition) is 3. The van der Waals surface area contributed by atoms with Gasteiger partial charge >= 0.3 is 0 Å². The first-order valence-corrected chi connectivity index (χ1v) is 12.4. The third kappa shape index (κ3) is 7.16. The van der Waals surface area contributed by atoms with Gasteiger partial charge in [0.15, 0.2) is 0 Å². The van der Waals surface area contributed by atoms with Crippen LogP contribution >= 0.6 is 0 Å². The van der Waals surface area contributed by atoms with Crippen molar-refractivity contribution >= 4 is 21.9 Å². The van der Waals surface area contributed by atoms with E-state index in [1.165, 1.54) is 31.3 Å². The van der Waals surface area contributed by atoms with Crippen molar-refractivity contribution in [2.75, 3.05) is 17.6 Å². The number of carbonyl (C=O) groups is 1. The second kappa shape index (κ2) is 11.2. The highest BCUT2D eigenvalue weighted by Gasteiger charge is 2.28. The van der Waals surface area contributed by atoms with Crippen molar-refractivity contribution in [3.63, 3.8) is 0 Å². The van der Waals surface area contributed by atoms with Crippen LogP contribution in [0.2, 0.25) is 0 Å². The van der Waals surface area contributed by atoms with Gasteiger partial charge in [-0.3, -0.25) is 0 Å². The van der Waals surface area contributed by atoms with Gasteiger partial charge in [0.05, 0.1) is 36.0 Å². The molecule has 1 aromatic carbocycles. The van der Waals surface area contributed by atoms with Gasteiger partial charge in [0.25, 0.3) is 0 Å². The number of nitrogens with zero attached hydrogens (tertiary/aromatic N) is 3. The number of aliphatic hydroxyl groups excluding tert-OH is 3. The summed E-state index contributed by atoms with van der Waals surface area (Å²) in [5.41, 5.74) is 1.06. The summed E-state index contributed by atoms with van der Waals surface area (Å²) in [5.74, 6) is -2.43. The van der Waals surface area contributed by atoms with Crippen LogP contribution in [0, 0.1) is 5.82 Å². The van der Waals surface area contributed by atoms with Gasteiger partial charge in [-0.15, -0.1) is 0 Å². The van der Waals surface area contributed by atoms with Crippen LogP contribution in [0.1, 0.15) is 56.4 Å². The van der Waals surface area contributed by atoms with Gasteiger partial charge in [-0.1, -0.05) is 13.8 Å². The number of rotatable bonds is 11. The smallest absolute Gasteiger partial charge is 0.239 e. The number of benzene rings is 1. The van der Waals surface area contributed by atoms with Gasteiger partial charge in [0.1, 0.15) is 5.82 Å². The summed E-state index contributed by atoms with van der Waals surface area (Å²) >= 11 is 0. The lowest BCUT2D eigenvalue weighted by Crippen LogP contribution is -2.30. The van der Waals surface area contributed by atoms with Crippen LogP contribution < -0.4 is 9.41 Å². The Balaban J connectivity index is 2.59. The van der Waals surface area contributed by atoms with Crippen molar-refractivity contribution in [1.29, 1.82) is 0 Å². The van der Waals surface area contributed by atoms with E-state index in [9.17, 15) is 38.0 Å². The molecule has 0 amide bonds. The van der Waals surface area contributed by atoms with E-state index in [0.717, 1.165) is 10.6 Å². The summed E-state index contributed by atoms with van der Waals surface area (Å²) in [6.07, 6.45) is -4.29. The van der Waals surface area contributed by atoms with Crippen molar-refractivity contribution in [2.24, 2.45) is 0 Å². The number of anilines is 1. The van der Waals surface area contributed by atoms with Crippen molar-refractivity contribution in [1.82, 2.24) is 9.97 Å². The van der Waals surface area contributed by atoms with E-state index in [4.69, 9.17) is 0 Å². The molecule has 3 N–H and O–H groups in total. The average Bonchev–Trinajstić information content (AvgIpc) is 2.71. The van der Waals surface area contributed by atoms with Gasteiger partial charge in [-0.05, 0) is 36.6 Å². The molecule has 0 bridgehead atoms. The van der Waals surface area contributed by atoms with Gasteiger partial charge in [0.2, 0.25) is 16.0 Å². The molecule has 0 aliphatic rings. The van der Waals surface area contributed by atoms with E-state index < -0.39 is 46.5 Å². The minimum absolute atomic E-state index is 0.147. The van der Waals surface area contributed by atoms with Crippen LogP contribution in [0.25, 0.3) is 11.3 Å². The second-order valence-corrected chi connectivity index (χ2v) is 10.4. The molecule has 188 valence electrons. The van der Waals surface area contributed by atoms with Crippen LogP contribution in [0.5, 0.6) is 0 Å². The molecule has 1 aromatic heterocycles. The number of carbonyl (C=O) groups excluding carboxylic acids is 1. The Kier molecular flexibility index (Phi) is 9.06. The van der Waals surface area contributed by atoms with E-state index in [-0.39, 0.29) is 36.0 Å². The number of aliphatic carboxylic acids is 1. The van der Waals surface area contributed by atoms with Crippen LogP contribution in [0.4, 0.5) is 10.3 Å². The molecule has 3 atom stereocenters. The highest BCUT2D eigenvalue weighted by Crippen LogP contribution is 2.36. The maximum atomic E-state index is 13.5. The van der Waals surface area contributed by atoms with E-state index in [0.29, 0.717) is 11.3 Å². The normalized spacial score (nSPS) is 14.6. The topological polar surface area (TPSA) is 164 Å².